The molecule has 2 atom stereocenters. The molecule has 9 nitrogen and oxygen atoms in total. The third kappa shape index (κ3) is 5.56. The van der Waals surface area contributed by atoms with E-state index in [0.717, 1.165) is 46.8 Å². The number of aliphatic hydroxyl groups excluding tert-OH is 1. The van der Waals surface area contributed by atoms with E-state index in [2.05, 4.69) is 10.1 Å². The molecule has 0 spiro atoms. The van der Waals surface area contributed by atoms with Crippen LogP contribution in [0.5, 0.6) is 11.5 Å². The number of rotatable bonds is 9. The Morgan fingerprint density at radius 2 is 1.77 bits per heavy atom. The number of aliphatic hydroxyl groups is 1. The maximum atomic E-state index is 15.4. The molecule has 2 amide bonds. The zero-order chi connectivity index (χ0) is 31.0. The highest BCUT2D eigenvalue weighted by Crippen LogP contribution is 2.38. The maximum Gasteiger partial charge on any atom is 0.387 e. The molecule has 2 aliphatic rings. The number of amides is 2. The van der Waals surface area contributed by atoms with Gasteiger partial charge in [0, 0.05) is 48.0 Å². The van der Waals surface area contributed by atoms with Crippen LogP contribution in [0.25, 0.3) is 0 Å². The van der Waals surface area contributed by atoms with Gasteiger partial charge in [-0.25, -0.2) is 8.78 Å². The molecule has 1 unspecified atom stereocenters. The number of methoxy groups -OCH3 is 1. The molecule has 13 heteroatoms. The molecule has 3 aromatic rings. The van der Waals surface area contributed by atoms with Gasteiger partial charge in [0.25, 0.3) is 11.5 Å². The minimum Gasteiger partial charge on any atom is -0.497 e. The molecule has 1 aliphatic carbocycles. The Morgan fingerprint density at radius 1 is 1.09 bits per heavy atom. The number of hydrogen-bond acceptors (Lipinski definition) is 6. The maximum absolute atomic E-state index is 15.4. The molecule has 0 saturated carbocycles. The molecular weight excluding hydrogens is 574 g/mol. The molecule has 2 heterocycles. The van der Waals surface area contributed by atoms with Gasteiger partial charge in [0.2, 0.25) is 5.91 Å². The van der Waals surface area contributed by atoms with Crippen molar-refractivity contribution in [2.24, 2.45) is 0 Å². The highest BCUT2D eigenvalue weighted by Gasteiger charge is 2.47. The first-order valence-corrected chi connectivity index (χ1v) is 13.6. The number of pyridine rings is 1. The lowest BCUT2D eigenvalue weighted by molar-refractivity contribution is -0.118. The van der Waals surface area contributed by atoms with Crippen molar-refractivity contribution in [3.8, 4) is 11.5 Å². The predicted octanol–water partition coefficient (Wildman–Crippen LogP) is 3.45. The van der Waals surface area contributed by atoms with E-state index < -0.39 is 53.1 Å². The first-order chi connectivity index (χ1) is 20.5. The Bertz CT molecular complexity index is 1600. The molecule has 1 aliphatic heterocycles. The van der Waals surface area contributed by atoms with Gasteiger partial charge in [0.15, 0.2) is 0 Å². The molecule has 2 aromatic carbocycles. The van der Waals surface area contributed by atoms with Gasteiger partial charge < -0.3 is 29.4 Å². The van der Waals surface area contributed by atoms with Crippen molar-refractivity contribution >= 4 is 17.5 Å². The second kappa shape index (κ2) is 12.1. The van der Waals surface area contributed by atoms with Crippen molar-refractivity contribution in [2.75, 3.05) is 25.2 Å². The van der Waals surface area contributed by atoms with Gasteiger partial charge in [-0.2, -0.15) is 8.78 Å². The average molecular weight is 604 g/mol. The number of ether oxygens (including phenoxy) is 2. The number of carbonyl (C=O) groups is 2. The van der Waals surface area contributed by atoms with Crippen molar-refractivity contribution < 1.29 is 41.7 Å². The summed E-state index contributed by atoms with van der Waals surface area (Å²) in [6.07, 6.45) is 2.06. The summed E-state index contributed by atoms with van der Waals surface area (Å²) in [4.78, 5) is 42.1. The topological polar surface area (TPSA) is 110 Å². The van der Waals surface area contributed by atoms with Gasteiger partial charge in [0.05, 0.1) is 13.7 Å². The minimum atomic E-state index is -3.07. The summed E-state index contributed by atoms with van der Waals surface area (Å²) in [5.41, 5.74) is 1.18. The number of alkyl halides is 2. The summed E-state index contributed by atoms with van der Waals surface area (Å²) in [6, 6.07) is 5.10. The van der Waals surface area contributed by atoms with E-state index in [0.29, 0.717) is 18.4 Å². The Balaban J connectivity index is 1.57. The molecule has 2 N–H and O–H groups in total. The number of carbonyl (C=O) groups excluding carboxylic acids is 2. The average Bonchev–Trinajstić information content (AvgIpc) is 3.57. The number of hydrogen-bond donors (Lipinski definition) is 2. The van der Waals surface area contributed by atoms with Gasteiger partial charge in [-0.3, -0.25) is 14.4 Å². The SMILES string of the molecule is COc1cc(F)c([C@@H]2CN(c3c(C)c4c(n(CCO)c3=O)CCC4)C(=O)C2NC(=O)c2ccc(OC(F)F)cc2)c(F)c1. The Morgan fingerprint density at radius 3 is 2.37 bits per heavy atom. The lowest BCUT2D eigenvalue weighted by Crippen LogP contribution is -2.45. The van der Waals surface area contributed by atoms with E-state index in [1.165, 1.54) is 23.8 Å². The Hall–Kier alpha value is -4.39. The van der Waals surface area contributed by atoms with E-state index in [4.69, 9.17) is 4.74 Å². The zero-order valence-corrected chi connectivity index (χ0v) is 23.3. The molecule has 1 aromatic heterocycles. The normalized spacial score (nSPS) is 17.9. The van der Waals surface area contributed by atoms with Crippen LogP contribution in [-0.2, 0) is 24.2 Å². The molecule has 1 saturated heterocycles. The van der Waals surface area contributed by atoms with Crippen LogP contribution in [0.3, 0.4) is 0 Å². The van der Waals surface area contributed by atoms with Gasteiger partial charge in [-0.1, -0.05) is 0 Å². The van der Waals surface area contributed by atoms with Gasteiger partial charge in [-0.05, 0) is 61.6 Å². The van der Waals surface area contributed by atoms with Crippen molar-refractivity contribution in [3.63, 3.8) is 0 Å². The number of anilines is 1. The van der Waals surface area contributed by atoms with E-state index in [-0.39, 0.29) is 42.4 Å². The van der Waals surface area contributed by atoms with Crippen molar-refractivity contribution in [1.82, 2.24) is 9.88 Å². The lowest BCUT2D eigenvalue weighted by Gasteiger charge is -2.23. The fourth-order valence-electron chi connectivity index (χ4n) is 6.04. The van der Waals surface area contributed by atoms with Crippen LogP contribution in [-0.4, -0.2) is 54.4 Å². The van der Waals surface area contributed by atoms with E-state index in [1.54, 1.807) is 6.92 Å². The number of halogens is 4. The largest absolute Gasteiger partial charge is 0.497 e. The van der Waals surface area contributed by atoms with Crippen LogP contribution in [0.1, 0.15) is 45.1 Å². The molecule has 228 valence electrons. The van der Waals surface area contributed by atoms with Gasteiger partial charge in [-0.15, -0.1) is 0 Å². The molecule has 0 bridgehead atoms. The molecule has 43 heavy (non-hydrogen) atoms. The summed E-state index contributed by atoms with van der Waals surface area (Å²) in [5, 5.41) is 12.2. The van der Waals surface area contributed by atoms with Crippen LogP contribution in [0.2, 0.25) is 0 Å². The van der Waals surface area contributed by atoms with Crippen molar-refractivity contribution in [1.29, 1.82) is 0 Å². The molecular formula is C30H29F4N3O6. The number of benzene rings is 2. The number of nitrogens with one attached hydrogen (secondary N) is 1. The van der Waals surface area contributed by atoms with E-state index >= 15 is 8.78 Å². The monoisotopic (exact) mass is 603 g/mol. The Kier molecular flexibility index (Phi) is 8.45. The second-order valence-electron chi connectivity index (χ2n) is 10.3. The molecule has 1 fully saturated rings. The third-order valence-corrected chi connectivity index (χ3v) is 7.96. The number of nitrogens with zero attached hydrogens (tertiary/aromatic N) is 2. The summed E-state index contributed by atoms with van der Waals surface area (Å²) in [5.74, 6) is -5.14. The third-order valence-electron chi connectivity index (χ3n) is 7.96. The first-order valence-electron chi connectivity index (χ1n) is 13.6. The second-order valence-corrected chi connectivity index (χ2v) is 10.3. The first kappa shape index (κ1) is 30.1. The van der Waals surface area contributed by atoms with Gasteiger partial charge >= 0.3 is 6.61 Å². The van der Waals surface area contributed by atoms with Crippen molar-refractivity contribution in [3.05, 3.63) is 86.3 Å². The fraction of sp³-hybridized carbons (Fsp3) is 0.367. The highest BCUT2D eigenvalue weighted by molar-refractivity contribution is 6.05. The fourth-order valence-corrected chi connectivity index (χ4v) is 6.04. The summed E-state index contributed by atoms with van der Waals surface area (Å²) >= 11 is 0. The van der Waals surface area contributed by atoms with E-state index in [1.807, 2.05) is 0 Å². The van der Waals surface area contributed by atoms with Gasteiger partial charge in [0.1, 0.15) is 34.9 Å². The summed E-state index contributed by atoms with van der Waals surface area (Å²) in [7, 11) is 1.24. The number of aromatic nitrogens is 1. The zero-order valence-electron chi connectivity index (χ0n) is 23.3. The minimum absolute atomic E-state index is 0.00702. The lowest BCUT2D eigenvalue weighted by atomic mass is 9.92. The molecule has 0 radical (unpaired) electrons. The van der Waals surface area contributed by atoms with Crippen LogP contribution < -0.4 is 25.2 Å². The van der Waals surface area contributed by atoms with E-state index in [9.17, 15) is 28.3 Å². The van der Waals surface area contributed by atoms with Crippen molar-refractivity contribution in [2.45, 2.75) is 51.3 Å². The summed E-state index contributed by atoms with van der Waals surface area (Å²) in [6.45, 7) is -2.00. The summed E-state index contributed by atoms with van der Waals surface area (Å²) < 4.78 is 66.5. The number of fused-ring (bicyclic) bond motifs is 1. The van der Waals surface area contributed by atoms with Crippen LogP contribution in [0, 0.1) is 18.6 Å². The quantitative estimate of drug-likeness (QED) is 0.363. The standard InChI is InChI=1S/C30H29F4N3O6/c1-15-19-4-3-5-23(19)36(10-11-38)29(41)26(15)37-14-20(24-21(31)12-18(42-2)13-22(24)32)25(28(37)40)35-27(39)16-6-8-17(9-7-16)43-30(33)34/h6-9,12-13,20,25,30,38H,3-5,10-11,14H2,1-2H3,(H,35,39)/t20-,25?/m0/s1. The van der Waals surface area contributed by atoms with Crippen LogP contribution >= 0.6 is 0 Å². The van der Waals surface area contributed by atoms with Crippen LogP contribution in [0.4, 0.5) is 23.2 Å². The smallest absolute Gasteiger partial charge is 0.387 e. The van der Waals surface area contributed by atoms with Crippen LogP contribution in [0.15, 0.2) is 41.2 Å². The predicted molar refractivity (Wildman–Crippen MR) is 147 cm³/mol. The highest BCUT2D eigenvalue weighted by atomic mass is 19.3. The molecule has 5 rings (SSSR count). The Labute approximate surface area is 243 Å².